The van der Waals surface area contributed by atoms with Gasteiger partial charge in [0, 0.05) is 18.2 Å². The molecule has 0 spiro atoms. The zero-order valence-corrected chi connectivity index (χ0v) is 10.6. The van der Waals surface area contributed by atoms with Gasteiger partial charge in [0.2, 0.25) is 0 Å². The maximum Gasteiger partial charge on any atom is 0.263 e. The summed E-state index contributed by atoms with van der Waals surface area (Å²) in [4.78, 5) is 0. The molecule has 1 atom stereocenters. The van der Waals surface area contributed by atoms with Crippen LogP contribution < -0.4 is 11.1 Å². The lowest BCUT2D eigenvalue weighted by molar-refractivity contribution is 0.151. The van der Waals surface area contributed by atoms with Crippen molar-refractivity contribution in [3.8, 4) is 0 Å². The number of halogens is 2. The molecule has 1 rings (SSSR count). The number of hydrogen-bond acceptors (Lipinski definition) is 2. The van der Waals surface area contributed by atoms with Gasteiger partial charge in [-0.3, -0.25) is 0 Å². The van der Waals surface area contributed by atoms with Crippen LogP contribution in [0.3, 0.4) is 0 Å². The normalized spacial score (nSPS) is 13.4. The predicted octanol–water partition coefficient (Wildman–Crippen LogP) is 3.18. The molecule has 0 amide bonds. The van der Waals surface area contributed by atoms with E-state index < -0.39 is 6.43 Å². The number of nitrogens with one attached hydrogen (secondary N) is 1. The maximum atomic E-state index is 12.6. The van der Waals surface area contributed by atoms with E-state index in [1.165, 1.54) is 12.1 Å². The topological polar surface area (TPSA) is 38.0 Å². The van der Waals surface area contributed by atoms with Gasteiger partial charge in [0.05, 0.1) is 0 Å². The third kappa shape index (κ3) is 4.55. The summed E-state index contributed by atoms with van der Waals surface area (Å²) in [5, 5.41) is 3.27. The van der Waals surface area contributed by atoms with Crippen molar-refractivity contribution in [1.29, 1.82) is 0 Å². The van der Waals surface area contributed by atoms with E-state index in [4.69, 9.17) is 5.73 Å². The fourth-order valence-corrected chi connectivity index (χ4v) is 1.76. The third-order valence-electron chi connectivity index (χ3n) is 2.74. The minimum Gasteiger partial charge on any atom is -0.329 e. The Kier molecular flexibility index (Phi) is 6.54. The van der Waals surface area contributed by atoms with Gasteiger partial charge in [0.1, 0.15) is 0 Å². The highest BCUT2D eigenvalue weighted by Gasteiger charge is 2.12. The first-order chi connectivity index (χ1) is 8.69. The fourth-order valence-electron chi connectivity index (χ4n) is 1.76. The Morgan fingerprint density at radius 3 is 2.67 bits per heavy atom. The lowest BCUT2D eigenvalue weighted by Gasteiger charge is -2.17. The maximum absolute atomic E-state index is 12.6. The van der Waals surface area contributed by atoms with E-state index in [1.54, 1.807) is 6.07 Å². The monoisotopic (exact) mass is 254 g/mol. The summed E-state index contributed by atoms with van der Waals surface area (Å²) in [6.45, 7) is 3.14. The van der Waals surface area contributed by atoms with Crippen LogP contribution in [0.1, 0.15) is 36.9 Å². The van der Waals surface area contributed by atoms with Gasteiger partial charge in [0.15, 0.2) is 0 Å². The standard InChI is InChI=1S/C14H20F2N2/c1-2-3-4-8-18-13(10-17)11-6-5-7-12(9-11)14(15)16/h2-3,5-7,9,13-14,18H,4,8,10,17H2,1H3/b3-2+. The van der Waals surface area contributed by atoms with Crippen molar-refractivity contribution in [3.05, 3.63) is 47.5 Å². The van der Waals surface area contributed by atoms with Crippen LogP contribution in [-0.4, -0.2) is 13.1 Å². The van der Waals surface area contributed by atoms with E-state index in [-0.39, 0.29) is 11.6 Å². The highest BCUT2D eigenvalue weighted by molar-refractivity contribution is 5.27. The summed E-state index contributed by atoms with van der Waals surface area (Å²) in [6, 6.07) is 6.35. The van der Waals surface area contributed by atoms with E-state index in [0.29, 0.717) is 6.54 Å². The Hall–Kier alpha value is -1.26. The largest absolute Gasteiger partial charge is 0.329 e. The summed E-state index contributed by atoms with van der Waals surface area (Å²) in [5.41, 5.74) is 6.54. The molecule has 0 radical (unpaired) electrons. The van der Waals surface area contributed by atoms with Crippen molar-refractivity contribution in [2.45, 2.75) is 25.8 Å². The number of nitrogens with two attached hydrogens (primary N) is 1. The molecule has 0 saturated carbocycles. The van der Waals surface area contributed by atoms with E-state index in [1.807, 2.05) is 19.1 Å². The van der Waals surface area contributed by atoms with Crippen LogP contribution in [0.25, 0.3) is 0 Å². The van der Waals surface area contributed by atoms with Gasteiger partial charge in [-0.2, -0.15) is 0 Å². The Morgan fingerprint density at radius 2 is 2.06 bits per heavy atom. The number of benzene rings is 1. The van der Waals surface area contributed by atoms with E-state index in [2.05, 4.69) is 11.4 Å². The first kappa shape index (κ1) is 14.8. The number of rotatable bonds is 7. The molecule has 2 nitrogen and oxygen atoms in total. The summed E-state index contributed by atoms with van der Waals surface area (Å²) in [7, 11) is 0. The number of hydrogen-bond donors (Lipinski definition) is 2. The molecule has 0 bridgehead atoms. The van der Waals surface area contributed by atoms with Gasteiger partial charge in [-0.25, -0.2) is 8.78 Å². The molecule has 3 N–H and O–H groups in total. The van der Waals surface area contributed by atoms with E-state index >= 15 is 0 Å². The van der Waals surface area contributed by atoms with Crippen LogP contribution in [-0.2, 0) is 0 Å². The van der Waals surface area contributed by atoms with Crippen LogP contribution in [0.4, 0.5) is 8.78 Å². The van der Waals surface area contributed by atoms with Gasteiger partial charge >= 0.3 is 0 Å². The summed E-state index contributed by atoms with van der Waals surface area (Å²) in [6.07, 6.45) is 2.50. The zero-order chi connectivity index (χ0) is 13.4. The van der Waals surface area contributed by atoms with Gasteiger partial charge in [0.25, 0.3) is 6.43 Å². The quantitative estimate of drug-likeness (QED) is 0.579. The Bertz CT molecular complexity index is 378. The van der Waals surface area contributed by atoms with Crippen molar-refractivity contribution in [3.63, 3.8) is 0 Å². The molecule has 0 saturated heterocycles. The SMILES string of the molecule is C/C=C/CCNC(CN)c1cccc(C(F)F)c1. The Labute approximate surface area is 107 Å². The van der Waals surface area contributed by atoms with Gasteiger partial charge in [-0.05, 0) is 31.5 Å². The average Bonchev–Trinajstić information content (AvgIpc) is 2.39. The molecule has 1 aromatic carbocycles. The second-order valence-electron chi connectivity index (χ2n) is 4.07. The lowest BCUT2D eigenvalue weighted by Crippen LogP contribution is -2.28. The average molecular weight is 254 g/mol. The Morgan fingerprint density at radius 1 is 1.33 bits per heavy atom. The van der Waals surface area contributed by atoms with Crippen LogP contribution in [0.2, 0.25) is 0 Å². The lowest BCUT2D eigenvalue weighted by atomic mass is 10.0. The predicted molar refractivity (Wildman–Crippen MR) is 70.6 cm³/mol. The summed E-state index contributed by atoms with van der Waals surface area (Å²) < 4.78 is 25.2. The molecule has 1 unspecified atom stereocenters. The van der Waals surface area contributed by atoms with Gasteiger partial charge in [-0.1, -0.05) is 30.4 Å². The van der Waals surface area contributed by atoms with Crippen LogP contribution in [0, 0.1) is 0 Å². The van der Waals surface area contributed by atoms with Crippen molar-refractivity contribution in [2.24, 2.45) is 5.73 Å². The minimum atomic E-state index is -2.44. The zero-order valence-electron chi connectivity index (χ0n) is 10.6. The molecular formula is C14H20F2N2. The van der Waals surface area contributed by atoms with Gasteiger partial charge in [-0.15, -0.1) is 0 Å². The molecule has 4 heteroatoms. The molecule has 0 aliphatic rings. The molecule has 0 heterocycles. The first-order valence-electron chi connectivity index (χ1n) is 6.11. The molecule has 0 aliphatic heterocycles. The molecular weight excluding hydrogens is 234 g/mol. The highest BCUT2D eigenvalue weighted by Crippen LogP contribution is 2.22. The highest BCUT2D eigenvalue weighted by atomic mass is 19.3. The van der Waals surface area contributed by atoms with Crippen LogP contribution in [0.5, 0.6) is 0 Å². The van der Waals surface area contributed by atoms with Crippen molar-refractivity contribution in [1.82, 2.24) is 5.32 Å². The summed E-state index contributed by atoms with van der Waals surface area (Å²) in [5.74, 6) is 0. The fraction of sp³-hybridized carbons (Fsp3) is 0.429. The second kappa shape index (κ2) is 7.95. The van der Waals surface area contributed by atoms with Gasteiger partial charge < -0.3 is 11.1 Å². The summed E-state index contributed by atoms with van der Waals surface area (Å²) >= 11 is 0. The van der Waals surface area contributed by atoms with Crippen LogP contribution in [0.15, 0.2) is 36.4 Å². The molecule has 1 aromatic rings. The molecule has 100 valence electrons. The smallest absolute Gasteiger partial charge is 0.263 e. The third-order valence-corrected chi connectivity index (χ3v) is 2.74. The molecule has 0 aliphatic carbocycles. The molecule has 18 heavy (non-hydrogen) atoms. The molecule has 0 aromatic heterocycles. The number of allylic oxidation sites excluding steroid dienone is 1. The van der Waals surface area contributed by atoms with Crippen LogP contribution >= 0.6 is 0 Å². The Balaban J connectivity index is 2.66. The van der Waals surface area contributed by atoms with E-state index in [0.717, 1.165) is 18.5 Å². The van der Waals surface area contributed by atoms with Crippen molar-refractivity contribution >= 4 is 0 Å². The molecule has 0 fully saturated rings. The first-order valence-corrected chi connectivity index (χ1v) is 6.11. The minimum absolute atomic E-state index is 0.0428. The van der Waals surface area contributed by atoms with E-state index in [9.17, 15) is 8.78 Å². The second-order valence-corrected chi connectivity index (χ2v) is 4.07. The number of alkyl halides is 2. The van der Waals surface area contributed by atoms with Crippen molar-refractivity contribution in [2.75, 3.05) is 13.1 Å². The van der Waals surface area contributed by atoms with Crippen molar-refractivity contribution < 1.29 is 8.78 Å².